The van der Waals surface area contributed by atoms with Gasteiger partial charge in [0.05, 0.1) is 11.6 Å². The molecule has 118 valence electrons. The van der Waals surface area contributed by atoms with Crippen molar-refractivity contribution in [2.75, 3.05) is 6.54 Å². The number of nitrogens with one attached hydrogen (secondary N) is 1. The van der Waals surface area contributed by atoms with Gasteiger partial charge in [-0.05, 0) is 34.4 Å². The molecule has 0 radical (unpaired) electrons. The molecule has 1 aromatic carbocycles. The molecule has 0 aromatic heterocycles. The van der Waals surface area contributed by atoms with Crippen molar-refractivity contribution in [3.8, 4) is 0 Å². The van der Waals surface area contributed by atoms with E-state index in [9.17, 15) is 8.42 Å². The Morgan fingerprint density at radius 1 is 1.24 bits per heavy atom. The summed E-state index contributed by atoms with van der Waals surface area (Å²) in [7, 11) is -3.67. The minimum atomic E-state index is -3.67. The first-order valence-corrected chi connectivity index (χ1v) is 8.79. The molecule has 1 fully saturated rings. The van der Waals surface area contributed by atoms with Crippen LogP contribution in [0.15, 0.2) is 23.1 Å². The van der Waals surface area contributed by atoms with Crippen LogP contribution in [0.3, 0.4) is 0 Å². The van der Waals surface area contributed by atoms with E-state index in [1.807, 2.05) is 0 Å². The first-order chi connectivity index (χ1) is 9.54. The molecule has 1 aromatic rings. The number of benzene rings is 1. The van der Waals surface area contributed by atoms with Crippen molar-refractivity contribution in [2.45, 2.75) is 39.2 Å². The van der Waals surface area contributed by atoms with E-state index in [0.29, 0.717) is 18.0 Å². The lowest BCUT2D eigenvalue weighted by Gasteiger charge is -2.10. The van der Waals surface area contributed by atoms with Crippen molar-refractivity contribution in [1.29, 1.82) is 0 Å². The van der Waals surface area contributed by atoms with Crippen LogP contribution in [-0.4, -0.2) is 20.1 Å². The molecule has 1 saturated carbocycles. The Bertz CT molecular complexity index is 639. The molecule has 1 aliphatic carbocycles. The van der Waals surface area contributed by atoms with E-state index < -0.39 is 10.0 Å². The van der Waals surface area contributed by atoms with Crippen LogP contribution in [0.1, 0.15) is 33.3 Å². The Morgan fingerprint density at radius 3 is 2.29 bits per heavy atom. The number of rotatable bonds is 5. The highest BCUT2D eigenvalue weighted by atomic mass is 35.5. The van der Waals surface area contributed by atoms with Gasteiger partial charge in [-0.2, -0.15) is 0 Å². The van der Waals surface area contributed by atoms with Crippen LogP contribution in [0.4, 0.5) is 0 Å². The molecule has 2 rings (SSSR count). The number of halogens is 1. The van der Waals surface area contributed by atoms with Gasteiger partial charge < -0.3 is 5.11 Å². The summed E-state index contributed by atoms with van der Waals surface area (Å²) in [5.41, 5.74) is 0.755. The van der Waals surface area contributed by atoms with Gasteiger partial charge in [0.2, 0.25) is 10.0 Å². The predicted molar refractivity (Wildman–Crippen MR) is 83.6 cm³/mol. The highest BCUT2D eigenvalue weighted by Gasteiger charge is 2.64. The minimum absolute atomic E-state index is 0.0204. The number of hydrogen-bond donors (Lipinski definition) is 2. The molecular weight excluding hydrogens is 310 g/mol. The fraction of sp³-hybridized carbons (Fsp3) is 0.600. The summed E-state index contributed by atoms with van der Waals surface area (Å²) in [6.07, 6.45) is 0. The molecule has 0 atom stereocenters. The van der Waals surface area contributed by atoms with E-state index in [2.05, 4.69) is 32.4 Å². The average molecular weight is 332 g/mol. The number of sulfonamides is 1. The number of aliphatic hydroxyl groups is 1. The maximum Gasteiger partial charge on any atom is 0.242 e. The Balaban J connectivity index is 2.17. The van der Waals surface area contributed by atoms with Gasteiger partial charge in [-0.15, -0.1) is 0 Å². The first kappa shape index (κ1) is 16.7. The summed E-state index contributed by atoms with van der Waals surface area (Å²) in [5.74, 6) is 0.291. The normalized spacial score (nSPS) is 20.5. The van der Waals surface area contributed by atoms with Crippen LogP contribution in [0.5, 0.6) is 0 Å². The van der Waals surface area contributed by atoms with E-state index in [1.54, 1.807) is 6.07 Å². The fourth-order valence-electron chi connectivity index (χ4n) is 2.97. The second kappa shape index (κ2) is 5.23. The molecule has 0 aliphatic heterocycles. The summed E-state index contributed by atoms with van der Waals surface area (Å²) in [6, 6.07) is 4.51. The Kier molecular flexibility index (Phi) is 4.17. The van der Waals surface area contributed by atoms with E-state index in [-0.39, 0.29) is 27.4 Å². The van der Waals surface area contributed by atoms with Crippen molar-refractivity contribution in [2.24, 2.45) is 16.7 Å². The van der Waals surface area contributed by atoms with Crippen LogP contribution < -0.4 is 4.72 Å². The third-order valence-corrected chi connectivity index (χ3v) is 7.17. The van der Waals surface area contributed by atoms with Crippen LogP contribution in [0.2, 0.25) is 5.02 Å². The van der Waals surface area contributed by atoms with E-state index in [0.717, 1.165) is 0 Å². The van der Waals surface area contributed by atoms with E-state index in [1.165, 1.54) is 12.1 Å². The molecule has 0 unspecified atom stereocenters. The van der Waals surface area contributed by atoms with Crippen molar-refractivity contribution in [1.82, 2.24) is 4.72 Å². The average Bonchev–Trinajstić information content (AvgIpc) is 2.77. The van der Waals surface area contributed by atoms with Crippen LogP contribution in [-0.2, 0) is 16.6 Å². The monoisotopic (exact) mass is 331 g/mol. The van der Waals surface area contributed by atoms with Crippen molar-refractivity contribution < 1.29 is 13.5 Å². The summed E-state index contributed by atoms with van der Waals surface area (Å²) < 4.78 is 27.4. The second-order valence-electron chi connectivity index (χ2n) is 6.77. The van der Waals surface area contributed by atoms with Gasteiger partial charge in [0, 0.05) is 6.54 Å². The Morgan fingerprint density at radius 2 is 1.81 bits per heavy atom. The van der Waals surface area contributed by atoms with Crippen LogP contribution >= 0.6 is 11.6 Å². The van der Waals surface area contributed by atoms with Gasteiger partial charge in [-0.1, -0.05) is 45.4 Å². The predicted octanol–water partition coefficient (Wildman–Crippen LogP) is 2.79. The lowest BCUT2D eigenvalue weighted by Crippen LogP contribution is -2.27. The fourth-order valence-corrected chi connectivity index (χ4v) is 4.56. The second-order valence-corrected chi connectivity index (χ2v) is 8.91. The summed E-state index contributed by atoms with van der Waals surface area (Å²) in [5, 5.41) is 9.29. The zero-order chi connectivity index (χ0) is 16.1. The molecule has 0 heterocycles. The van der Waals surface area contributed by atoms with Crippen molar-refractivity contribution in [3.05, 3.63) is 28.8 Å². The van der Waals surface area contributed by atoms with E-state index in [4.69, 9.17) is 16.7 Å². The third kappa shape index (κ3) is 2.84. The zero-order valence-corrected chi connectivity index (χ0v) is 14.3. The number of aliphatic hydroxyl groups excluding tert-OH is 1. The molecule has 2 N–H and O–H groups in total. The van der Waals surface area contributed by atoms with Crippen molar-refractivity contribution in [3.63, 3.8) is 0 Å². The van der Waals surface area contributed by atoms with Gasteiger partial charge in [-0.25, -0.2) is 13.1 Å². The van der Waals surface area contributed by atoms with Gasteiger partial charge in [-0.3, -0.25) is 0 Å². The molecule has 6 heteroatoms. The lowest BCUT2D eigenvalue weighted by atomic mass is 10.0. The molecular formula is C15H22ClNO3S. The summed E-state index contributed by atoms with van der Waals surface area (Å²) in [4.78, 5) is 0.0204. The maximum absolute atomic E-state index is 12.4. The molecule has 0 bridgehead atoms. The Labute approximate surface area is 131 Å². The first-order valence-electron chi connectivity index (χ1n) is 6.93. The number of hydrogen-bond acceptors (Lipinski definition) is 3. The maximum atomic E-state index is 12.4. The minimum Gasteiger partial charge on any atom is -0.392 e. The molecule has 0 spiro atoms. The molecule has 21 heavy (non-hydrogen) atoms. The quantitative estimate of drug-likeness (QED) is 0.872. The van der Waals surface area contributed by atoms with Crippen LogP contribution in [0.25, 0.3) is 0 Å². The van der Waals surface area contributed by atoms with Gasteiger partial charge in [0.15, 0.2) is 0 Å². The highest BCUT2D eigenvalue weighted by molar-refractivity contribution is 7.89. The van der Waals surface area contributed by atoms with Gasteiger partial charge >= 0.3 is 0 Å². The zero-order valence-electron chi connectivity index (χ0n) is 12.8. The van der Waals surface area contributed by atoms with E-state index >= 15 is 0 Å². The lowest BCUT2D eigenvalue weighted by molar-refractivity contribution is 0.281. The molecule has 0 amide bonds. The summed E-state index contributed by atoms with van der Waals surface area (Å²) >= 11 is 5.98. The van der Waals surface area contributed by atoms with Gasteiger partial charge in [0.1, 0.15) is 4.90 Å². The highest BCUT2D eigenvalue weighted by Crippen LogP contribution is 2.67. The Hall–Kier alpha value is -0.620. The third-order valence-electron chi connectivity index (χ3n) is 5.26. The van der Waals surface area contributed by atoms with Crippen LogP contribution in [0, 0.1) is 16.7 Å². The topological polar surface area (TPSA) is 66.4 Å². The molecule has 4 nitrogen and oxygen atoms in total. The largest absolute Gasteiger partial charge is 0.392 e. The summed E-state index contributed by atoms with van der Waals surface area (Å²) in [6.45, 7) is 8.75. The van der Waals surface area contributed by atoms with Gasteiger partial charge in [0.25, 0.3) is 0 Å². The van der Waals surface area contributed by atoms with Crippen molar-refractivity contribution >= 4 is 21.6 Å². The molecule has 1 aliphatic rings. The smallest absolute Gasteiger partial charge is 0.242 e. The molecule has 0 saturated heterocycles. The standard InChI is InChI=1S/C15H22ClNO3S/c1-14(2)13(15(14,3)4)8-17-21(19,20)12-7-10(9-18)5-6-11(12)16/h5-7,13,17-18H,8-9H2,1-4H3. The SMILES string of the molecule is CC1(C)C(CNS(=O)(=O)c2cc(CO)ccc2Cl)C1(C)C.